The normalized spacial score (nSPS) is 13.6. The summed E-state index contributed by atoms with van der Waals surface area (Å²) in [5, 5.41) is 3.10. The van der Waals surface area contributed by atoms with Gasteiger partial charge in [0.25, 0.3) is 0 Å². The first-order valence-electron chi connectivity index (χ1n) is 9.43. The Morgan fingerprint density at radius 1 is 1.07 bits per heavy atom. The second-order valence-electron chi connectivity index (χ2n) is 7.27. The number of hydrogen-bond donors (Lipinski definition) is 2. The number of nitrogens with one attached hydrogen (secondary N) is 2. The van der Waals surface area contributed by atoms with Crippen LogP contribution in [0.15, 0.2) is 54.6 Å². The molecular weight excluding hydrogens is 338 g/mol. The number of amides is 1. The van der Waals surface area contributed by atoms with Crippen LogP contribution in [0.3, 0.4) is 0 Å². The van der Waals surface area contributed by atoms with E-state index in [1.165, 1.54) is 0 Å². The summed E-state index contributed by atoms with van der Waals surface area (Å²) < 4.78 is 5.75. The van der Waals surface area contributed by atoms with E-state index in [2.05, 4.69) is 29.1 Å². The fraction of sp³-hybridized carbons (Fsp3) is 0.364. The van der Waals surface area contributed by atoms with E-state index in [0.717, 1.165) is 28.8 Å². The van der Waals surface area contributed by atoms with Crippen molar-refractivity contribution < 1.29 is 9.53 Å². The van der Waals surface area contributed by atoms with Gasteiger partial charge in [-0.1, -0.05) is 56.3 Å². The van der Waals surface area contributed by atoms with Crippen molar-refractivity contribution in [3.63, 3.8) is 0 Å². The molecule has 1 amide bonds. The monoisotopic (exact) mass is 365 g/mol. The third kappa shape index (κ3) is 5.17. The van der Waals surface area contributed by atoms with Crippen LogP contribution in [0.5, 0.6) is 0 Å². The summed E-state index contributed by atoms with van der Waals surface area (Å²) in [7, 11) is 0. The van der Waals surface area contributed by atoms with Crippen LogP contribution in [0.4, 0.5) is 0 Å². The van der Waals surface area contributed by atoms with E-state index >= 15 is 0 Å². The van der Waals surface area contributed by atoms with Crippen LogP contribution < -0.4 is 5.32 Å². The molecule has 0 radical (unpaired) electrons. The first-order chi connectivity index (χ1) is 13.0. The lowest BCUT2D eigenvalue weighted by molar-refractivity contribution is -0.133. The molecule has 142 valence electrons. The van der Waals surface area contributed by atoms with Gasteiger partial charge >= 0.3 is 0 Å². The molecule has 3 aromatic rings. The van der Waals surface area contributed by atoms with Crippen molar-refractivity contribution in [3.8, 4) is 0 Å². The van der Waals surface area contributed by atoms with Gasteiger partial charge in [-0.3, -0.25) is 4.79 Å². The van der Waals surface area contributed by atoms with Gasteiger partial charge in [0.15, 0.2) is 0 Å². The standard InChI is InChI=1S/C22H27N3O2/c1-15(2)13-20(21-23-18-11-7-8-12-19(18)24-21)25-22(26)16(3)27-14-17-9-5-4-6-10-17/h4-12,15-16,20H,13-14H2,1-3H3,(H,23,24)(H,25,26)/t16-,20+/m0/s1. The van der Waals surface area contributed by atoms with Gasteiger partial charge < -0.3 is 15.0 Å². The lowest BCUT2D eigenvalue weighted by atomic mass is 10.0. The third-order valence-electron chi connectivity index (χ3n) is 4.47. The number of nitrogens with zero attached hydrogens (tertiary/aromatic N) is 1. The molecule has 1 heterocycles. The number of H-pyrrole nitrogens is 1. The zero-order valence-electron chi connectivity index (χ0n) is 16.1. The van der Waals surface area contributed by atoms with Crippen LogP contribution in [0.1, 0.15) is 44.6 Å². The van der Waals surface area contributed by atoms with Crippen LogP contribution >= 0.6 is 0 Å². The topological polar surface area (TPSA) is 67.0 Å². The summed E-state index contributed by atoms with van der Waals surface area (Å²) in [6.45, 7) is 6.46. The Hall–Kier alpha value is -2.66. The second kappa shape index (κ2) is 8.82. The van der Waals surface area contributed by atoms with Gasteiger partial charge in [-0.2, -0.15) is 0 Å². The number of carbonyl (C=O) groups excluding carboxylic acids is 1. The molecule has 2 aromatic carbocycles. The predicted molar refractivity (Wildman–Crippen MR) is 107 cm³/mol. The minimum atomic E-state index is -0.538. The van der Waals surface area contributed by atoms with E-state index in [1.54, 1.807) is 6.92 Å². The quantitative estimate of drug-likeness (QED) is 0.623. The third-order valence-corrected chi connectivity index (χ3v) is 4.47. The molecule has 2 N–H and O–H groups in total. The Morgan fingerprint density at radius 2 is 1.78 bits per heavy atom. The molecule has 5 heteroatoms. The zero-order valence-corrected chi connectivity index (χ0v) is 16.1. The van der Waals surface area contributed by atoms with Crippen LogP contribution in [0.25, 0.3) is 11.0 Å². The summed E-state index contributed by atoms with van der Waals surface area (Å²) in [6, 6.07) is 17.6. The molecule has 3 rings (SSSR count). The molecule has 0 aliphatic heterocycles. The van der Waals surface area contributed by atoms with E-state index in [-0.39, 0.29) is 11.9 Å². The highest BCUT2D eigenvalue weighted by Crippen LogP contribution is 2.22. The molecule has 27 heavy (non-hydrogen) atoms. The fourth-order valence-corrected chi connectivity index (χ4v) is 3.01. The van der Waals surface area contributed by atoms with Gasteiger partial charge in [0.1, 0.15) is 11.9 Å². The molecule has 1 aromatic heterocycles. The highest BCUT2D eigenvalue weighted by atomic mass is 16.5. The maximum Gasteiger partial charge on any atom is 0.249 e. The number of aromatic amines is 1. The van der Waals surface area contributed by atoms with Crippen molar-refractivity contribution in [3.05, 3.63) is 66.0 Å². The summed E-state index contributed by atoms with van der Waals surface area (Å²) >= 11 is 0. The smallest absolute Gasteiger partial charge is 0.249 e. The van der Waals surface area contributed by atoms with Gasteiger partial charge in [0, 0.05) is 0 Å². The van der Waals surface area contributed by atoms with E-state index in [1.807, 2.05) is 54.6 Å². The van der Waals surface area contributed by atoms with Crippen LogP contribution in [-0.2, 0) is 16.1 Å². The van der Waals surface area contributed by atoms with E-state index in [0.29, 0.717) is 12.5 Å². The Labute approximate surface area is 160 Å². The molecular formula is C22H27N3O2. The Bertz CT molecular complexity index is 840. The van der Waals surface area contributed by atoms with E-state index in [9.17, 15) is 4.79 Å². The van der Waals surface area contributed by atoms with Crippen LogP contribution in [0, 0.1) is 5.92 Å². The molecule has 0 spiro atoms. The van der Waals surface area contributed by atoms with Crippen LogP contribution in [-0.4, -0.2) is 22.0 Å². The minimum Gasteiger partial charge on any atom is -0.364 e. The van der Waals surface area contributed by atoms with E-state index < -0.39 is 6.10 Å². The largest absolute Gasteiger partial charge is 0.364 e. The Balaban J connectivity index is 1.67. The molecule has 5 nitrogen and oxygen atoms in total. The van der Waals surface area contributed by atoms with Crippen molar-refractivity contribution in [1.82, 2.24) is 15.3 Å². The number of carbonyl (C=O) groups is 1. The zero-order chi connectivity index (χ0) is 19.2. The number of rotatable bonds is 8. The van der Waals surface area contributed by atoms with Crippen molar-refractivity contribution in [2.24, 2.45) is 5.92 Å². The predicted octanol–water partition coefficient (Wildman–Crippen LogP) is 4.37. The highest BCUT2D eigenvalue weighted by molar-refractivity contribution is 5.81. The molecule has 0 unspecified atom stereocenters. The van der Waals surface area contributed by atoms with Crippen molar-refractivity contribution >= 4 is 16.9 Å². The number of para-hydroxylation sites is 2. The van der Waals surface area contributed by atoms with Gasteiger partial charge in [0.05, 0.1) is 23.7 Å². The maximum absolute atomic E-state index is 12.7. The fourth-order valence-electron chi connectivity index (χ4n) is 3.01. The van der Waals surface area contributed by atoms with Gasteiger partial charge in [0.2, 0.25) is 5.91 Å². The van der Waals surface area contributed by atoms with Gasteiger partial charge in [-0.25, -0.2) is 4.98 Å². The van der Waals surface area contributed by atoms with Gasteiger partial charge in [-0.15, -0.1) is 0 Å². The SMILES string of the molecule is CC(C)C[C@@H](NC(=O)[C@H](C)OCc1ccccc1)c1nc2ccccc2[nH]1. The van der Waals surface area contributed by atoms with Gasteiger partial charge in [-0.05, 0) is 37.0 Å². The maximum atomic E-state index is 12.7. The lowest BCUT2D eigenvalue weighted by Gasteiger charge is -2.21. The van der Waals surface area contributed by atoms with Crippen molar-refractivity contribution in [1.29, 1.82) is 0 Å². The first-order valence-corrected chi connectivity index (χ1v) is 9.43. The average molecular weight is 365 g/mol. The molecule has 0 bridgehead atoms. The first kappa shape index (κ1) is 19.1. The minimum absolute atomic E-state index is 0.128. The average Bonchev–Trinajstić information content (AvgIpc) is 3.10. The van der Waals surface area contributed by atoms with E-state index in [4.69, 9.17) is 4.74 Å². The molecule has 2 atom stereocenters. The molecule has 0 saturated carbocycles. The number of imidazole rings is 1. The Kier molecular flexibility index (Phi) is 6.24. The summed E-state index contributed by atoms with van der Waals surface area (Å²) in [6.07, 6.45) is 0.265. The summed E-state index contributed by atoms with van der Waals surface area (Å²) in [4.78, 5) is 20.7. The highest BCUT2D eigenvalue weighted by Gasteiger charge is 2.23. The number of fused-ring (bicyclic) bond motifs is 1. The molecule has 0 fully saturated rings. The van der Waals surface area contributed by atoms with Crippen molar-refractivity contribution in [2.75, 3.05) is 0 Å². The number of hydrogen-bond acceptors (Lipinski definition) is 3. The molecule has 0 aliphatic rings. The number of ether oxygens (including phenoxy) is 1. The summed E-state index contributed by atoms with van der Waals surface area (Å²) in [5.41, 5.74) is 2.93. The second-order valence-corrected chi connectivity index (χ2v) is 7.27. The molecule has 0 saturated heterocycles. The summed E-state index contributed by atoms with van der Waals surface area (Å²) in [5.74, 6) is 1.08. The number of aromatic nitrogens is 2. The molecule has 0 aliphatic carbocycles. The van der Waals surface area contributed by atoms with Crippen LogP contribution in [0.2, 0.25) is 0 Å². The number of benzene rings is 2. The lowest BCUT2D eigenvalue weighted by Crippen LogP contribution is -2.38. The Morgan fingerprint density at radius 3 is 2.48 bits per heavy atom. The van der Waals surface area contributed by atoms with Crippen molar-refractivity contribution in [2.45, 2.75) is 45.9 Å².